The highest BCUT2D eigenvalue weighted by Gasteiger charge is 2.51. The summed E-state index contributed by atoms with van der Waals surface area (Å²) in [7, 11) is 0. The summed E-state index contributed by atoms with van der Waals surface area (Å²) in [6, 6.07) is -0.224. The lowest BCUT2D eigenvalue weighted by atomic mass is 9.75. The third-order valence-corrected chi connectivity index (χ3v) is 3.18. The van der Waals surface area contributed by atoms with E-state index in [1.54, 1.807) is 0 Å². The maximum absolute atomic E-state index is 11.5. The fraction of sp³-hybridized carbons (Fsp3) is 0.778. The molecule has 2 amide bonds. The van der Waals surface area contributed by atoms with Crippen molar-refractivity contribution < 1.29 is 14.7 Å². The maximum Gasteiger partial charge on any atom is 0.329 e. The second kappa shape index (κ2) is 3.15. The van der Waals surface area contributed by atoms with Crippen LogP contribution < -0.4 is 5.32 Å². The van der Waals surface area contributed by atoms with Gasteiger partial charge in [-0.2, -0.15) is 0 Å². The first-order chi connectivity index (χ1) is 6.67. The number of amides is 2. The zero-order valence-corrected chi connectivity index (χ0v) is 7.95. The molecule has 0 aromatic carbocycles. The van der Waals surface area contributed by atoms with Crippen molar-refractivity contribution in [2.24, 2.45) is 0 Å². The molecule has 0 aromatic rings. The Morgan fingerprint density at radius 1 is 1.43 bits per heavy atom. The van der Waals surface area contributed by atoms with Gasteiger partial charge in [-0.1, -0.05) is 0 Å². The number of rotatable bonds is 2. The number of aliphatic carboxylic acids is 1. The molecule has 1 saturated carbocycles. The molecule has 2 aliphatic rings. The second-order valence-corrected chi connectivity index (χ2v) is 3.93. The molecule has 5 nitrogen and oxygen atoms in total. The lowest BCUT2D eigenvalue weighted by Crippen LogP contribution is -2.65. The summed E-state index contributed by atoms with van der Waals surface area (Å²) in [5.74, 6) is -0.860. The van der Waals surface area contributed by atoms with Gasteiger partial charge in [0.2, 0.25) is 0 Å². The fourth-order valence-electron chi connectivity index (χ4n) is 2.15. The Balaban J connectivity index is 2.18. The summed E-state index contributed by atoms with van der Waals surface area (Å²) in [5, 5.41) is 11.8. The maximum atomic E-state index is 11.5. The normalized spacial score (nSPS) is 25.1. The van der Waals surface area contributed by atoms with Crippen LogP contribution in [-0.2, 0) is 4.79 Å². The van der Waals surface area contributed by atoms with Crippen LogP contribution in [-0.4, -0.2) is 40.6 Å². The van der Waals surface area contributed by atoms with E-state index < -0.39 is 11.5 Å². The molecule has 0 atom stereocenters. The average Bonchev–Trinajstić information content (AvgIpc) is 2.05. The van der Waals surface area contributed by atoms with Crippen molar-refractivity contribution in [1.82, 2.24) is 10.2 Å². The van der Waals surface area contributed by atoms with Gasteiger partial charge in [0.05, 0.1) is 0 Å². The lowest BCUT2D eigenvalue weighted by molar-refractivity contribution is -0.155. The number of urea groups is 1. The van der Waals surface area contributed by atoms with Crippen molar-refractivity contribution in [3.63, 3.8) is 0 Å². The number of carbonyl (C=O) groups excluding carboxylic acids is 1. The summed E-state index contributed by atoms with van der Waals surface area (Å²) in [6.45, 7) is 1.23. The van der Waals surface area contributed by atoms with Crippen LogP contribution in [0.15, 0.2) is 0 Å². The van der Waals surface area contributed by atoms with Crippen LogP contribution in [0.4, 0.5) is 4.79 Å². The summed E-state index contributed by atoms with van der Waals surface area (Å²) in [6.07, 6.45) is 2.92. The van der Waals surface area contributed by atoms with Crippen LogP contribution in [0.1, 0.15) is 25.7 Å². The second-order valence-electron chi connectivity index (χ2n) is 3.93. The number of nitrogens with one attached hydrogen (secondary N) is 1. The van der Waals surface area contributed by atoms with E-state index >= 15 is 0 Å². The van der Waals surface area contributed by atoms with Gasteiger partial charge in [-0.25, -0.2) is 9.59 Å². The first-order valence-corrected chi connectivity index (χ1v) is 4.96. The third kappa shape index (κ3) is 1.15. The van der Waals surface area contributed by atoms with Crippen LogP contribution in [0.2, 0.25) is 0 Å². The van der Waals surface area contributed by atoms with Crippen molar-refractivity contribution in [3.8, 4) is 0 Å². The molecule has 1 heterocycles. The Morgan fingerprint density at radius 2 is 2.14 bits per heavy atom. The Bertz CT molecular complexity index is 273. The van der Waals surface area contributed by atoms with Gasteiger partial charge in [0, 0.05) is 13.1 Å². The molecule has 2 fully saturated rings. The molecule has 14 heavy (non-hydrogen) atoms. The van der Waals surface area contributed by atoms with Crippen LogP contribution in [0.25, 0.3) is 0 Å². The van der Waals surface area contributed by atoms with E-state index in [1.807, 2.05) is 0 Å². The zero-order chi connectivity index (χ0) is 10.2. The standard InChI is InChI=1S/C9H14N2O3/c12-7(13)9(3-1-4-9)11-6-2-5-10-8(11)14/h1-6H2,(H,10,14)(H,12,13). The molecule has 0 spiro atoms. The Morgan fingerprint density at radius 3 is 2.57 bits per heavy atom. The molecular weight excluding hydrogens is 184 g/mol. The van der Waals surface area contributed by atoms with E-state index in [1.165, 1.54) is 4.90 Å². The molecule has 0 unspecified atom stereocenters. The monoisotopic (exact) mass is 198 g/mol. The van der Waals surface area contributed by atoms with Gasteiger partial charge < -0.3 is 15.3 Å². The molecule has 2 N–H and O–H groups in total. The van der Waals surface area contributed by atoms with Gasteiger partial charge in [-0.05, 0) is 25.7 Å². The Kier molecular flexibility index (Phi) is 2.09. The lowest BCUT2D eigenvalue weighted by Gasteiger charge is -2.47. The number of hydrogen-bond donors (Lipinski definition) is 2. The van der Waals surface area contributed by atoms with Crippen molar-refractivity contribution >= 4 is 12.0 Å². The molecule has 0 bridgehead atoms. The quantitative estimate of drug-likeness (QED) is 0.675. The predicted octanol–water partition coefficient (Wildman–Crippen LogP) is 0.409. The SMILES string of the molecule is O=C1NCCCN1C1(C(=O)O)CCC1. The van der Waals surface area contributed by atoms with Gasteiger partial charge in [0.1, 0.15) is 5.54 Å². The van der Waals surface area contributed by atoms with Crippen LogP contribution in [0.3, 0.4) is 0 Å². The van der Waals surface area contributed by atoms with Crippen molar-refractivity contribution in [1.29, 1.82) is 0 Å². The first kappa shape index (κ1) is 9.30. The molecule has 78 valence electrons. The van der Waals surface area contributed by atoms with E-state index in [0.717, 1.165) is 12.8 Å². The molecule has 1 aliphatic heterocycles. The summed E-state index contributed by atoms with van der Waals surface area (Å²) < 4.78 is 0. The molecular formula is C9H14N2O3. The van der Waals surface area contributed by atoms with E-state index in [2.05, 4.69) is 5.32 Å². The van der Waals surface area contributed by atoms with Gasteiger partial charge in [-0.3, -0.25) is 0 Å². The topological polar surface area (TPSA) is 69.6 Å². The average molecular weight is 198 g/mol. The fourth-order valence-corrected chi connectivity index (χ4v) is 2.15. The molecule has 5 heteroatoms. The highest BCUT2D eigenvalue weighted by Crippen LogP contribution is 2.38. The van der Waals surface area contributed by atoms with Gasteiger partial charge in [0.25, 0.3) is 0 Å². The minimum absolute atomic E-state index is 0.224. The summed E-state index contributed by atoms with van der Waals surface area (Å²) in [5.41, 5.74) is -0.898. The Hall–Kier alpha value is -1.26. The predicted molar refractivity (Wildman–Crippen MR) is 48.9 cm³/mol. The summed E-state index contributed by atoms with van der Waals surface area (Å²) in [4.78, 5) is 24.1. The number of nitrogens with zero attached hydrogens (tertiary/aromatic N) is 1. The minimum atomic E-state index is -0.898. The zero-order valence-electron chi connectivity index (χ0n) is 7.95. The van der Waals surface area contributed by atoms with E-state index in [0.29, 0.717) is 25.9 Å². The number of carboxylic acids is 1. The molecule has 1 aliphatic carbocycles. The van der Waals surface area contributed by atoms with Crippen LogP contribution in [0, 0.1) is 0 Å². The minimum Gasteiger partial charge on any atom is -0.479 e. The van der Waals surface area contributed by atoms with E-state index in [9.17, 15) is 9.59 Å². The first-order valence-electron chi connectivity index (χ1n) is 4.96. The van der Waals surface area contributed by atoms with Crippen LogP contribution in [0.5, 0.6) is 0 Å². The molecule has 1 saturated heterocycles. The summed E-state index contributed by atoms with van der Waals surface area (Å²) >= 11 is 0. The molecule has 2 rings (SSSR count). The molecule has 0 radical (unpaired) electrons. The number of hydrogen-bond acceptors (Lipinski definition) is 2. The largest absolute Gasteiger partial charge is 0.479 e. The number of carbonyl (C=O) groups is 2. The van der Waals surface area contributed by atoms with E-state index in [4.69, 9.17) is 5.11 Å². The highest BCUT2D eigenvalue weighted by atomic mass is 16.4. The van der Waals surface area contributed by atoms with Crippen molar-refractivity contribution in [3.05, 3.63) is 0 Å². The van der Waals surface area contributed by atoms with E-state index in [-0.39, 0.29) is 6.03 Å². The van der Waals surface area contributed by atoms with Crippen LogP contribution >= 0.6 is 0 Å². The third-order valence-electron chi connectivity index (χ3n) is 3.18. The highest BCUT2D eigenvalue weighted by molar-refractivity contribution is 5.87. The molecule has 0 aromatic heterocycles. The van der Waals surface area contributed by atoms with Gasteiger partial charge >= 0.3 is 12.0 Å². The van der Waals surface area contributed by atoms with Crippen molar-refractivity contribution in [2.75, 3.05) is 13.1 Å². The van der Waals surface area contributed by atoms with Gasteiger partial charge in [-0.15, -0.1) is 0 Å². The van der Waals surface area contributed by atoms with Crippen molar-refractivity contribution in [2.45, 2.75) is 31.2 Å². The Labute approximate surface area is 82.1 Å². The number of carboxylic acid groups (broad SMARTS) is 1. The smallest absolute Gasteiger partial charge is 0.329 e. The van der Waals surface area contributed by atoms with Gasteiger partial charge in [0.15, 0.2) is 0 Å².